The zero-order valence-corrected chi connectivity index (χ0v) is 46.0. The molecule has 0 unspecified atom stereocenters. The highest BCUT2D eigenvalue weighted by Gasteiger charge is 2.36. The molecular formula is C78H64N4. The van der Waals surface area contributed by atoms with Crippen molar-refractivity contribution in [2.45, 2.75) is 37.5 Å². The maximum Gasteiger partial charge on any atom is 0.0462 e. The van der Waals surface area contributed by atoms with Crippen molar-refractivity contribution in [3.63, 3.8) is 0 Å². The van der Waals surface area contributed by atoms with Gasteiger partial charge in [-0.25, -0.2) is 0 Å². The van der Waals surface area contributed by atoms with Gasteiger partial charge in [-0.3, -0.25) is 0 Å². The lowest BCUT2D eigenvalue weighted by Crippen LogP contribution is -2.30. The van der Waals surface area contributed by atoms with Crippen LogP contribution in [0.5, 0.6) is 0 Å². The van der Waals surface area contributed by atoms with Crippen LogP contribution in [0, 0.1) is 0 Å². The average molecular weight is 1060 g/mol. The second-order valence-corrected chi connectivity index (χ2v) is 21.3. The minimum absolute atomic E-state index is 0.0860. The van der Waals surface area contributed by atoms with Crippen molar-refractivity contribution in [1.29, 1.82) is 0 Å². The van der Waals surface area contributed by atoms with Gasteiger partial charge in [0.1, 0.15) is 0 Å². The van der Waals surface area contributed by atoms with E-state index in [-0.39, 0.29) is 5.41 Å². The molecule has 1 aliphatic carbocycles. The Labute approximate surface area is 483 Å². The molecular weight excluding hydrogens is 993 g/mol. The number of hydrogen-bond acceptors (Lipinski definition) is 4. The van der Waals surface area contributed by atoms with Gasteiger partial charge in [-0.15, -0.1) is 0 Å². The molecule has 0 amide bonds. The lowest BCUT2D eigenvalue weighted by molar-refractivity contribution is 0.346. The van der Waals surface area contributed by atoms with E-state index in [1.807, 2.05) is 0 Å². The van der Waals surface area contributed by atoms with E-state index in [9.17, 15) is 0 Å². The molecule has 0 aromatic heterocycles. The maximum atomic E-state index is 2.41. The van der Waals surface area contributed by atoms with Crippen LogP contribution in [0.1, 0.15) is 43.2 Å². The predicted octanol–water partition coefficient (Wildman–Crippen LogP) is 22.2. The van der Waals surface area contributed by atoms with Gasteiger partial charge in [-0.05, 0) is 192 Å². The molecule has 396 valence electrons. The van der Waals surface area contributed by atoms with Crippen LogP contribution in [-0.4, -0.2) is 0 Å². The van der Waals surface area contributed by atoms with E-state index in [0.717, 1.165) is 81.1 Å². The SMILES string of the molecule is c1ccc(N(c2ccccc2)c2ccc(-c3ccc(N(c4ccccc4)c4ccc(C5(c6ccc(N(c7ccccc7)c7ccc(-c8ccc(N(c9ccccc9)c9ccccc9)cc8)cc7)cc6)CCCCC5)cc4)cc3)cc2)cc1. The minimum atomic E-state index is -0.0860. The molecule has 4 heteroatoms. The molecule has 12 aromatic carbocycles. The Morgan fingerprint density at radius 2 is 0.341 bits per heavy atom. The first kappa shape index (κ1) is 51.3. The highest BCUT2D eigenvalue weighted by Crippen LogP contribution is 2.48. The Bertz CT molecular complexity index is 3590. The summed E-state index contributed by atoms with van der Waals surface area (Å²) >= 11 is 0. The summed E-state index contributed by atoms with van der Waals surface area (Å²) < 4.78 is 0. The van der Waals surface area contributed by atoms with Crippen molar-refractivity contribution in [3.8, 4) is 22.3 Å². The third-order valence-electron chi connectivity index (χ3n) is 16.3. The van der Waals surface area contributed by atoms with E-state index in [0.29, 0.717) is 0 Å². The van der Waals surface area contributed by atoms with E-state index >= 15 is 0 Å². The quantitative estimate of drug-likeness (QED) is 0.0956. The first-order valence-corrected chi connectivity index (χ1v) is 28.8. The van der Waals surface area contributed by atoms with Gasteiger partial charge in [0.05, 0.1) is 0 Å². The minimum Gasteiger partial charge on any atom is -0.311 e. The Balaban J connectivity index is 0.758. The Hall–Kier alpha value is -10.2. The molecule has 1 saturated carbocycles. The molecule has 0 bridgehead atoms. The number of anilines is 12. The fraction of sp³-hybridized carbons (Fsp3) is 0.0769. The maximum absolute atomic E-state index is 2.41. The number of hydrogen-bond donors (Lipinski definition) is 0. The third kappa shape index (κ3) is 10.7. The predicted molar refractivity (Wildman–Crippen MR) is 346 cm³/mol. The second-order valence-electron chi connectivity index (χ2n) is 21.3. The molecule has 1 aliphatic rings. The van der Waals surface area contributed by atoms with Crippen LogP contribution < -0.4 is 19.6 Å². The Kier molecular flexibility index (Phi) is 14.8. The molecule has 0 saturated heterocycles. The summed E-state index contributed by atoms with van der Waals surface area (Å²) in [6.45, 7) is 0. The molecule has 0 spiro atoms. The van der Waals surface area contributed by atoms with E-state index in [1.165, 1.54) is 52.6 Å². The van der Waals surface area contributed by atoms with Crippen molar-refractivity contribution in [1.82, 2.24) is 0 Å². The van der Waals surface area contributed by atoms with Crippen LogP contribution >= 0.6 is 0 Å². The van der Waals surface area contributed by atoms with Gasteiger partial charge in [0.2, 0.25) is 0 Å². The normalized spacial score (nSPS) is 12.7. The summed E-state index contributed by atoms with van der Waals surface area (Å²) in [5.41, 5.74) is 20.9. The second kappa shape index (κ2) is 23.7. The van der Waals surface area contributed by atoms with Gasteiger partial charge in [-0.1, -0.05) is 201 Å². The lowest BCUT2D eigenvalue weighted by atomic mass is 9.65. The van der Waals surface area contributed by atoms with Crippen LogP contribution in [0.15, 0.2) is 328 Å². The van der Waals surface area contributed by atoms with Crippen LogP contribution in [0.4, 0.5) is 68.2 Å². The summed E-state index contributed by atoms with van der Waals surface area (Å²) in [4.78, 5) is 9.36. The van der Waals surface area contributed by atoms with Gasteiger partial charge in [-0.2, -0.15) is 0 Å². The van der Waals surface area contributed by atoms with E-state index in [4.69, 9.17) is 0 Å². The smallest absolute Gasteiger partial charge is 0.0462 e. The molecule has 0 radical (unpaired) electrons. The number of benzene rings is 12. The summed E-state index contributed by atoms with van der Waals surface area (Å²) in [6, 6.07) is 119. The highest BCUT2D eigenvalue weighted by molar-refractivity contribution is 5.83. The highest BCUT2D eigenvalue weighted by atomic mass is 15.2. The first-order valence-electron chi connectivity index (χ1n) is 28.8. The molecule has 0 aliphatic heterocycles. The molecule has 1 fully saturated rings. The third-order valence-corrected chi connectivity index (χ3v) is 16.3. The fourth-order valence-electron chi connectivity index (χ4n) is 12.2. The average Bonchev–Trinajstić information content (AvgIpc) is 3.60. The van der Waals surface area contributed by atoms with E-state index in [2.05, 4.69) is 347 Å². The zero-order valence-electron chi connectivity index (χ0n) is 46.0. The fourth-order valence-corrected chi connectivity index (χ4v) is 12.2. The first-order chi connectivity index (χ1) is 40.6. The molecule has 12 aromatic rings. The van der Waals surface area contributed by atoms with Crippen molar-refractivity contribution >= 4 is 68.2 Å². The summed E-state index contributed by atoms with van der Waals surface area (Å²) in [7, 11) is 0. The van der Waals surface area contributed by atoms with Gasteiger partial charge < -0.3 is 19.6 Å². The van der Waals surface area contributed by atoms with Crippen LogP contribution in [-0.2, 0) is 5.41 Å². The molecule has 13 rings (SSSR count). The lowest BCUT2D eigenvalue weighted by Gasteiger charge is -2.39. The topological polar surface area (TPSA) is 13.0 Å². The Morgan fingerprint density at radius 1 is 0.171 bits per heavy atom. The molecule has 4 nitrogen and oxygen atoms in total. The molecule has 0 N–H and O–H groups in total. The van der Waals surface area contributed by atoms with E-state index < -0.39 is 0 Å². The van der Waals surface area contributed by atoms with Gasteiger partial charge in [0, 0.05) is 73.7 Å². The number of para-hydroxylation sites is 6. The molecule has 0 atom stereocenters. The van der Waals surface area contributed by atoms with Crippen LogP contribution in [0.2, 0.25) is 0 Å². The van der Waals surface area contributed by atoms with Crippen molar-refractivity contribution in [2.75, 3.05) is 19.6 Å². The van der Waals surface area contributed by atoms with Crippen LogP contribution in [0.3, 0.4) is 0 Å². The monoisotopic (exact) mass is 1060 g/mol. The zero-order chi connectivity index (χ0) is 54.9. The number of nitrogens with zero attached hydrogens (tertiary/aromatic N) is 4. The van der Waals surface area contributed by atoms with Crippen LogP contribution in [0.25, 0.3) is 22.3 Å². The van der Waals surface area contributed by atoms with Gasteiger partial charge >= 0.3 is 0 Å². The van der Waals surface area contributed by atoms with Crippen molar-refractivity contribution in [3.05, 3.63) is 339 Å². The molecule has 0 heterocycles. The Morgan fingerprint density at radius 3 is 0.537 bits per heavy atom. The number of rotatable bonds is 16. The van der Waals surface area contributed by atoms with Crippen molar-refractivity contribution < 1.29 is 0 Å². The van der Waals surface area contributed by atoms with Gasteiger partial charge in [0.15, 0.2) is 0 Å². The summed E-state index contributed by atoms with van der Waals surface area (Å²) in [5, 5.41) is 0. The largest absolute Gasteiger partial charge is 0.311 e. The standard InChI is InChI=1S/C78H64N4/c1-8-22-66(23-9-1)79(67-24-10-2-11-25-67)72-46-34-60(35-47-72)62-38-50-74(51-39-62)81(70-30-16-5-17-31-70)76-54-42-64(43-55-76)78(58-20-7-21-59-78)65-44-56-77(57-45-65)82(71-32-18-6-19-33-71)75-52-40-63(41-53-75)61-36-48-73(49-37-61)80(68-26-12-3-13-27-68)69-28-14-4-15-29-69/h1-6,8-19,22-57H,7,20-21,58-59H2. The van der Waals surface area contributed by atoms with Crippen molar-refractivity contribution in [2.24, 2.45) is 0 Å². The van der Waals surface area contributed by atoms with E-state index in [1.54, 1.807) is 0 Å². The summed E-state index contributed by atoms with van der Waals surface area (Å²) in [6.07, 6.45) is 5.91. The summed E-state index contributed by atoms with van der Waals surface area (Å²) in [5.74, 6) is 0. The van der Waals surface area contributed by atoms with Gasteiger partial charge in [0.25, 0.3) is 0 Å². The molecule has 82 heavy (non-hydrogen) atoms.